The zero-order chi connectivity index (χ0) is 18.3. The molecule has 0 unspecified atom stereocenters. The summed E-state index contributed by atoms with van der Waals surface area (Å²) in [5, 5.41) is 10.8. The third kappa shape index (κ3) is 6.70. The standard InChI is InChI=1S/C17H25BrN6S/c1-5-19-16(20-10-15-22-12-23-24(15)4)21-11-17(2,3)25-14-8-6-13(18)7-9-14/h6-9,12H,5,10-11H2,1-4H3,(H2,19,20,21). The van der Waals surface area contributed by atoms with Crippen LogP contribution in [0.5, 0.6) is 0 Å². The zero-order valence-corrected chi connectivity index (χ0v) is 17.5. The summed E-state index contributed by atoms with van der Waals surface area (Å²) in [6.45, 7) is 8.59. The van der Waals surface area contributed by atoms with Crippen molar-refractivity contribution in [3.63, 3.8) is 0 Å². The highest BCUT2D eigenvalue weighted by Crippen LogP contribution is 2.32. The Kier molecular flexibility index (Phi) is 7.31. The summed E-state index contributed by atoms with van der Waals surface area (Å²) in [5.41, 5.74) is 0. The highest BCUT2D eigenvalue weighted by molar-refractivity contribution is 9.10. The summed E-state index contributed by atoms with van der Waals surface area (Å²) in [6, 6.07) is 8.39. The van der Waals surface area contributed by atoms with Crippen molar-refractivity contribution in [1.82, 2.24) is 25.4 Å². The van der Waals surface area contributed by atoms with Crippen LogP contribution in [0.4, 0.5) is 0 Å². The van der Waals surface area contributed by atoms with Gasteiger partial charge in [-0.05, 0) is 45.0 Å². The monoisotopic (exact) mass is 424 g/mol. The number of aliphatic imine (C=N–C) groups is 1. The Bertz CT molecular complexity index is 695. The molecule has 1 aromatic heterocycles. The van der Waals surface area contributed by atoms with Gasteiger partial charge in [-0.25, -0.2) is 9.98 Å². The van der Waals surface area contributed by atoms with Crippen LogP contribution < -0.4 is 10.6 Å². The fraction of sp³-hybridized carbons (Fsp3) is 0.471. The maximum atomic E-state index is 4.59. The Labute approximate surface area is 162 Å². The Morgan fingerprint density at radius 1 is 1.28 bits per heavy atom. The topological polar surface area (TPSA) is 67.1 Å². The Hall–Kier alpha value is -1.54. The lowest BCUT2D eigenvalue weighted by Gasteiger charge is -2.25. The van der Waals surface area contributed by atoms with Crippen LogP contribution in [0.15, 0.2) is 45.0 Å². The van der Waals surface area contributed by atoms with Gasteiger partial charge in [0.2, 0.25) is 0 Å². The number of halogens is 1. The molecular weight excluding hydrogens is 400 g/mol. The molecule has 1 heterocycles. The minimum Gasteiger partial charge on any atom is -0.357 e. The first-order chi connectivity index (χ1) is 11.9. The van der Waals surface area contributed by atoms with Gasteiger partial charge in [-0.2, -0.15) is 5.10 Å². The van der Waals surface area contributed by atoms with E-state index in [1.54, 1.807) is 11.0 Å². The molecule has 8 heteroatoms. The third-order valence-electron chi connectivity index (χ3n) is 3.42. The lowest BCUT2D eigenvalue weighted by Crippen LogP contribution is -2.43. The number of rotatable bonds is 7. The van der Waals surface area contributed by atoms with Crippen molar-refractivity contribution >= 4 is 33.7 Å². The maximum Gasteiger partial charge on any atom is 0.191 e. The van der Waals surface area contributed by atoms with Gasteiger partial charge in [-0.1, -0.05) is 15.9 Å². The molecule has 0 aliphatic rings. The number of hydrogen-bond acceptors (Lipinski definition) is 4. The van der Waals surface area contributed by atoms with Crippen molar-refractivity contribution in [3.8, 4) is 0 Å². The van der Waals surface area contributed by atoms with E-state index >= 15 is 0 Å². The molecule has 6 nitrogen and oxygen atoms in total. The first-order valence-electron chi connectivity index (χ1n) is 8.19. The second kappa shape index (κ2) is 9.24. The highest BCUT2D eigenvalue weighted by atomic mass is 79.9. The van der Waals surface area contributed by atoms with Crippen LogP contribution in [0.25, 0.3) is 0 Å². The SMILES string of the molecule is CCNC(=NCc1ncnn1C)NCC(C)(C)Sc1ccc(Br)cc1. The van der Waals surface area contributed by atoms with Crippen LogP contribution >= 0.6 is 27.7 Å². The van der Waals surface area contributed by atoms with Crippen molar-refractivity contribution in [1.29, 1.82) is 0 Å². The van der Waals surface area contributed by atoms with Crippen LogP contribution in [0.2, 0.25) is 0 Å². The van der Waals surface area contributed by atoms with Crippen molar-refractivity contribution in [3.05, 3.63) is 40.9 Å². The van der Waals surface area contributed by atoms with Crippen LogP contribution in [-0.4, -0.2) is 38.6 Å². The fourth-order valence-corrected chi connectivity index (χ4v) is 3.43. The van der Waals surface area contributed by atoms with E-state index in [2.05, 4.69) is 86.7 Å². The molecule has 0 amide bonds. The number of hydrogen-bond donors (Lipinski definition) is 2. The third-order valence-corrected chi connectivity index (χ3v) is 5.15. The van der Waals surface area contributed by atoms with E-state index in [4.69, 9.17) is 0 Å². The van der Waals surface area contributed by atoms with Gasteiger partial charge in [0.15, 0.2) is 5.96 Å². The normalized spacial score (nSPS) is 12.3. The van der Waals surface area contributed by atoms with Crippen LogP contribution in [0.3, 0.4) is 0 Å². The molecule has 0 radical (unpaired) electrons. The van der Waals surface area contributed by atoms with E-state index in [9.17, 15) is 0 Å². The molecule has 25 heavy (non-hydrogen) atoms. The molecule has 0 saturated carbocycles. The molecule has 0 aliphatic heterocycles. The minimum absolute atomic E-state index is 0.0226. The summed E-state index contributed by atoms with van der Waals surface area (Å²) >= 11 is 5.31. The molecule has 0 fully saturated rings. The first kappa shape index (κ1) is 19.8. The molecule has 2 N–H and O–H groups in total. The van der Waals surface area contributed by atoms with Gasteiger partial charge in [-0.15, -0.1) is 11.8 Å². The number of aryl methyl sites for hydroxylation is 1. The maximum absolute atomic E-state index is 4.59. The van der Waals surface area contributed by atoms with Crippen molar-refractivity contribution < 1.29 is 0 Å². The smallest absolute Gasteiger partial charge is 0.191 e. The van der Waals surface area contributed by atoms with Crippen LogP contribution in [0.1, 0.15) is 26.6 Å². The number of nitrogens with zero attached hydrogens (tertiary/aromatic N) is 4. The van der Waals surface area contributed by atoms with E-state index in [1.165, 1.54) is 4.90 Å². The summed E-state index contributed by atoms with van der Waals surface area (Å²) in [6.07, 6.45) is 1.54. The summed E-state index contributed by atoms with van der Waals surface area (Å²) in [7, 11) is 1.87. The van der Waals surface area contributed by atoms with Crippen molar-refractivity contribution in [2.75, 3.05) is 13.1 Å². The Morgan fingerprint density at radius 2 is 2.00 bits per heavy atom. The van der Waals surface area contributed by atoms with Crippen molar-refractivity contribution in [2.45, 2.75) is 37.0 Å². The summed E-state index contributed by atoms with van der Waals surface area (Å²) < 4.78 is 2.85. The van der Waals surface area contributed by atoms with Crippen LogP contribution in [0, 0.1) is 0 Å². The number of guanidine groups is 1. The second-order valence-electron chi connectivity index (χ2n) is 6.16. The molecule has 2 aromatic rings. The highest BCUT2D eigenvalue weighted by Gasteiger charge is 2.20. The molecule has 136 valence electrons. The van der Waals surface area contributed by atoms with E-state index in [0.717, 1.165) is 29.3 Å². The van der Waals surface area contributed by atoms with E-state index < -0.39 is 0 Å². The molecule has 0 saturated heterocycles. The van der Waals surface area contributed by atoms with E-state index in [1.807, 2.05) is 18.8 Å². The molecular formula is C17H25BrN6S. The number of benzene rings is 1. The largest absolute Gasteiger partial charge is 0.357 e. The first-order valence-corrected chi connectivity index (χ1v) is 9.80. The molecule has 2 rings (SSSR count). The summed E-state index contributed by atoms with van der Waals surface area (Å²) in [4.78, 5) is 10.0. The lowest BCUT2D eigenvalue weighted by molar-refractivity contribution is 0.658. The molecule has 1 aromatic carbocycles. The average molecular weight is 425 g/mol. The van der Waals surface area contributed by atoms with Crippen LogP contribution in [-0.2, 0) is 13.6 Å². The predicted octanol–water partition coefficient (Wildman–Crippen LogP) is 3.20. The van der Waals surface area contributed by atoms with Gasteiger partial charge in [0.1, 0.15) is 18.7 Å². The zero-order valence-electron chi connectivity index (χ0n) is 15.1. The minimum atomic E-state index is 0.0226. The van der Waals surface area contributed by atoms with Gasteiger partial charge in [-0.3, -0.25) is 4.68 Å². The number of thioether (sulfide) groups is 1. The Balaban J connectivity index is 1.94. The van der Waals surface area contributed by atoms with Gasteiger partial charge in [0.25, 0.3) is 0 Å². The average Bonchev–Trinajstić information content (AvgIpc) is 2.97. The van der Waals surface area contributed by atoms with Gasteiger partial charge in [0, 0.05) is 34.3 Å². The van der Waals surface area contributed by atoms with E-state index in [0.29, 0.717) is 6.54 Å². The number of aromatic nitrogens is 3. The second-order valence-corrected chi connectivity index (χ2v) is 8.86. The van der Waals surface area contributed by atoms with Crippen molar-refractivity contribution in [2.24, 2.45) is 12.0 Å². The Morgan fingerprint density at radius 3 is 2.60 bits per heavy atom. The van der Waals surface area contributed by atoms with Gasteiger partial charge < -0.3 is 10.6 Å². The molecule has 0 aliphatic carbocycles. The number of nitrogens with one attached hydrogen (secondary N) is 2. The molecule has 0 spiro atoms. The predicted molar refractivity (Wildman–Crippen MR) is 108 cm³/mol. The lowest BCUT2D eigenvalue weighted by atomic mass is 10.2. The van der Waals surface area contributed by atoms with Gasteiger partial charge >= 0.3 is 0 Å². The van der Waals surface area contributed by atoms with Gasteiger partial charge in [0.05, 0.1) is 0 Å². The summed E-state index contributed by atoms with van der Waals surface area (Å²) in [5.74, 6) is 1.62. The fourth-order valence-electron chi connectivity index (χ4n) is 2.11. The van der Waals surface area contributed by atoms with E-state index in [-0.39, 0.29) is 4.75 Å². The quantitative estimate of drug-likeness (QED) is 0.405. The molecule has 0 bridgehead atoms. The molecule has 0 atom stereocenters.